The van der Waals surface area contributed by atoms with Gasteiger partial charge in [0.25, 0.3) is 0 Å². The lowest BCUT2D eigenvalue weighted by Crippen LogP contribution is -2.39. The van der Waals surface area contributed by atoms with Crippen LogP contribution in [0.2, 0.25) is 0 Å². The minimum atomic E-state index is 0.610. The van der Waals surface area contributed by atoms with Crippen molar-refractivity contribution in [1.29, 1.82) is 0 Å². The molecule has 7 heteroatoms. The fraction of sp³-hybridized carbons (Fsp3) is 0.318. The molecule has 0 bridgehead atoms. The molecule has 1 saturated heterocycles. The van der Waals surface area contributed by atoms with Crippen LogP contribution < -0.4 is 10.6 Å². The Hall–Kier alpha value is -3.03. The Labute approximate surface area is 171 Å². The topological polar surface area (TPSA) is 75.2 Å². The van der Waals surface area contributed by atoms with E-state index in [-0.39, 0.29) is 0 Å². The van der Waals surface area contributed by atoms with E-state index in [2.05, 4.69) is 20.5 Å². The van der Waals surface area contributed by atoms with Gasteiger partial charge in [0.15, 0.2) is 5.82 Å². The number of hydrogen-bond donors (Lipinski definition) is 2. The van der Waals surface area contributed by atoms with E-state index in [0.29, 0.717) is 12.4 Å². The summed E-state index contributed by atoms with van der Waals surface area (Å²) in [5, 5.41) is 6.82. The molecular weight excluding hydrogens is 364 g/mol. The van der Waals surface area contributed by atoms with E-state index < -0.39 is 0 Å². The number of rotatable bonds is 8. The summed E-state index contributed by atoms with van der Waals surface area (Å²) in [7, 11) is 0. The standard InChI is InChI=1S/C22H26N6O/c1-2-6-18(7-3-1)22-26-20(24-10-11-28-12-14-29-15-13-28)16-21(27-22)25-17-19-8-4-5-9-23-19/h1-9,16H,10-15,17H2,(H2,24,25,26,27). The number of nitrogens with zero attached hydrogens (tertiary/aromatic N) is 4. The van der Waals surface area contributed by atoms with Gasteiger partial charge >= 0.3 is 0 Å². The summed E-state index contributed by atoms with van der Waals surface area (Å²) in [6.45, 7) is 5.99. The molecule has 1 aliphatic rings. The van der Waals surface area contributed by atoms with Crippen molar-refractivity contribution in [2.75, 3.05) is 50.0 Å². The van der Waals surface area contributed by atoms with Gasteiger partial charge in [0.05, 0.1) is 25.5 Å². The van der Waals surface area contributed by atoms with E-state index in [1.54, 1.807) is 6.20 Å². The molecule has 2 aromatic heterocycles. The predicted octanol–water partition coefficient (Wildman–Crippen LogP) is 2.89. The van der Waals surface area contributed by atoms with E-state index in [9.17, 15) is 0 Å². The molecule has 2 N–H and O–H groups in total. The van der Waals surface area contributed by atoms with Gasteiger partial charge in [0.2, 0.25) is 0 Å². The quantitative estimate of drug-likeness (QED) is 0.612. The van der Waals surface area contributed by atoms with Crippen molar-refractivity contribution in [2.45, 2.75) is 6.54 Å². The summed E-state index contributed by atoms with van der Waals surface area (Å²) < 4.78 is 5.41. The van der Waals surface area contributed by atoms with Crippen molar-refractivity contribution in [3.05, 3.63) is 66.5 Å². The number of pyridine rings is 1. The summed E-state index contributed by atoms with van der Waals surface area (Å²) in [5.74, 6) is 2.29. The minimum Gasteiger partial charge on any atom is -0.379 e. The summed E-state index contributed by atoms with van der Waals surface area (Å²) in [6.07, 6.45) is 1.80. The van der Waals surface area contributed by atoms with Gasteiger partial charge in [-0.3, -0.25) is 9.88 Å². The van der Waals surface area contributed by atoms with Crippen LogP contribution in [0.4, 0.5) is 11.6 Å². The highest BCUT2D eigenvalue weighted by Crippen LogP contribution is 2.20. The Morgan fingerprint density at radius 2 is 1.66 bits per heavy atom. The maximum Gasteiger partial charge on any atom is 0.163 e. The van der Waals surface area contributed by atoms with Crippen LogP contribution in [0.1, 0.15) is 5.69 Å². The normalized spacial score (nSPS) is 14.5. The van der Waals surface area contributed by atoms with Crippen molar-refractivity contribution in [1.82, 2.24) is 19.9 Å². The third kappa shape index (κ3) is 5.73. The summed E-state index contributed by atoms with van der Waals surface area (Å²) in [4.78, 5) is 16.2. The molecule has 150 valence electrons. The molecule has 0 spiro atoms. The molecule has 3 heterocycles. The Morgan fingerprint density at radius 3 is 2.41 bits per heavy atom. The van der Waals surface area contributed by atoms with E-state index in [4.69, 9.17) is 14.7 Å². The molecule has 0 aliphatic carbocycles. The van der Waals surface area contributed by atoms with Crippen molar-refractivity contribution in [2.24, 2.45) is 0 Å². The Morgan fingerprint density at radius 1 is 0.897 bits per heavy atom. The first-order chi connectivity index (χ1) is 14.4. The van der Waals surface area contributed by atoms with Crippen LogP contribution in [0.25, 0.3) is 11.4 Å². The van der Waals surface area contributed by atoms with Crippen LogP contribution in [-0.2, 0) is 11.3 Å². The van der Waals surface area contributed by atoms with E-state index in [1.165, 1.54) is 0 Å². The van der Waals surface area contributed by atoms with Crippen LogP contribution in [0.15, 0.2) is 60.8 Å². The molecule has 29 heavy (non-hydrogen) atoms. The average molecular weight is 390 g/mol. The predicted molar refractivity (Wildman–Crippen MR) is 115 cm³/mol. The Bertz CT molecular complexity index is 884. The molecule has 0 unspecified atom stereocenters. The van der Waals surface area contributed by atoms with Crippen LogP contribution in [0, 0.1) is 0 Å². The first-order valence-corrected chi connectivity index (χ1v) is 9.99. The van der Waals surface area contributed by atoms with Crippen molar-refractivity contribution in [3.8, 4) is 11.4 Å². The van der Waals surface area contributed by atoms with Gasteiger partial charge in [-0.2, -0.15) is 0 Å². The molecule has 3 aromatic rings. The van der Waals surface area contributed by atoms with Gasteiger partial charge in [0.1, 0.15) is 11.6 Å². The van der Waals surface area contributed by atoms with Gasteiger partial charge in [0, 0.05) is 44.0 Å². The lowest BCUT2D eigenvalue weighted by atomic mass is 10.2. The monoisotopic (exact) mass is 390 g/mol. The molecule has 0 saturated carbocycles. The van der Waals surface area contributed by atoms with Crippen molar-refractivity contribution >= 4 is 11.6 Å². The van der Waals surface area contributed by atoms with Gasteiger partial charge in [-0.15, -0.1) is 0 Å². The average Bonchev–Trinajstić information content (AvgIpc) is 2.80. The van der Waals surface area contributed by atoms with Crippen molar-refractivity contribution < 1.29 is 4.74 Å². The molecule has 7 nitrogen and oxygen atoms in total. The largest absolute Gasteiger partial charge is 0.379 e. The molecule has 1 aliphatic heterocycles. The second kappa shape index (κ2) is 9.95. The second-order valence-electron chi connectivity index (χ2n) is 6.88. The van der Waals surface area contributed by atoms with Crippen LogP contribution in [0.3, 0.4) is 0 Å². The zero-order chi connectivity index (χ0) is 19.7. The Kier molecular flexibility index (Phi) is 6.62. The summed E-state index contributed by atoms with van der Waals surface area (Å²) in [5.41, 5.74) is 1.96. The van der Waals surface area contributed by atoms with Gasteiger partial charge in [-0.1, -0.05) is 36.4 Å². The fourth-order valence-electron chi connectivity index (χ4n) is 3.20. The molecular formula is C22H26N6O. The summed E-state index contributed by atoms with van der Waals surface area (Å²) in [6, 6.07) is 17.9. The van der Waals surface area contributed by atoms with Crippen LogP contribution in [-0.4, -0.2) is 59.2 Å². The van der Waals surface area contributed by atoms with E-state index in [1.807, 2.05) is 54.6 Å². The molecule has 0 radical (unpaired) electrons. The molecule has 0 amide bonds. The first kappa shape index (κ1) is 19.3. The highest BCUT2D eigenvalue weighted by molar-refractivity contribution is 5.61. The molecule has 1 fully saturated rings. The summed E-state index contributed by atoms with van der Waals surface area (Å²) >= 11 is 0. The number of anilines is 2. The number of hydrogen-bond acceptors (Lipinski definition) is 7. The van der Waals surface area contributed by atoms with E-state index >= 15 is 0 Å². The lowest BCUT2D eigenvalue weighted by molar-refractivity contribution is 0.0398. The minimum absolute atomic E-state index is 0.610. The SMILES string of the molecule is c1ccc(-c2nc(NCCN3CCOCC3)cc(NCc3ccccn3)n2)cc1. The maximum atomic E-state index is 5.41. The van der Waals surface area contributed by atoms with Crippen LogP contribution in [0.5, 0.6) is 0 Å². The second-order valence-corrected chi connectivity index (χ2v) is 6.88. The maximum absolute atomic E-state index is 5.41. The van der Waals surface area contributed by atoms with Crippen LogP contribution >= 0.6 is 0 Å². The smallest absolute Gasteiger partial charge is 0.163 e. The van der Waals surface area contributed by atoms with Gasteiger partial charge < -0.3 is 15.4 Å². The zero-order valence-corrected chi connectivity index (χ0v) is 16.4. The zero-order valence-electron chi connectivity index (χ0n) is 16.4. The number of benzene rings is 1. The molecule has 0 atom stereocenters. The number of morpholine rings is 1. The lowest BCUT2D eigenvalue weighted by Gasteiger charge is -2.26. The van der Waals surface area contributed by atoms with Gasteiger partial charge in [-0.05, 0) is 12.1 Å². The third-order valence-electron chi connectivity index (χ3n) is 4.77. The molecule has 4 rings (SSSR count). The van der Waals surface area contributed by atoms with Gasteiger partial charge in [-0.25, -0.2) is 9.97 Å². The number of nitrogens with one attached hydrogen (secondary N) is 2. The molecule has 1 aromatic carbocycles. The third-order valence-corrected chi connectivity index (χ3v) is 4.77. The highest BCUT2D eigenvalue weighted by atomic mass is 16.5. The number of aromatic nitrogens is 3. The highest BCUT2D eigenvalue weighted by Gasteiger charge is 2.11. The van der Waals surface area contributed by atoms with Crippen molar-refractivity contribution in [3.63, 3.8) is 0 Å². The number of ether oxygens (including phenoxy) is 1. The first-order valence-electron chi connectivity index (χ1n) is 9.99. The van der Waals surface area contributed by atoms with E-state index in [0.717, 1.165) is 62.3 Å². The fourth-order valence-corrected chi connectivity index (χ4v) is 3.20. The Balaban J connectivity index is 1.46.